The Morgan fingerprint density at radius 3 is 2.38 bits per heavy atom. The van der Waals surface area contributed by atoms with Gasteiger partial charge in [0.25, 0.3) is 0 Å². The molecule has 1 aliphatic carbocycles. The van der Waals surface area contributed by atoms with Gasteiger partial charge in [0.2, 0.25) is 0 Å². The number of ether oxygens (including phenoxy) is 1. The zero-order valence-corrected chi connectivity index (χ0v) is 13.8. The summed E-state index contributed by atoms with van der Waals surface area (Å²) in [6.45, 7) is 8.51. The predicted molar refractivity (Wildman–Crippen MR) is 85.3 cm³/mol. The summed E-state index contributed by atoms with van der Waals surface area (Å²) in [5, 5.41) is 3.58. The van der Waals surface area contributed by atoms with Gasteiger partial charge in [-0.15, -0.1) is 0 Å². The molecule has 21 heavy (non-hydrogen) atoms. The van der Waals surface area contributed by atoms with Crippen LogP contribution in [0, 0.1) is 5.92 Å². The first kappa shape index (κ1) is 16.8. The highest BCUT2D eigenvalue weighted by Gasteiger charge is 2.52. The maximum absolute atomic E-state index is 12.7. The average Bonchev–Trinajstić information content (AvgIpc) is 3.31. The van der Waals surface area contributed by atoms with Gasteiger partial charge >= 0.3 is 5.97 Å². The molecule has 2 rings (SSSR count). The first-order valence-corrected chi connectivity index (χ1v) is 8.87. The summed E-state index contributed by atoms with van der Waals surface area (Å²) in [6, 6.07) is 0. The van der Waals surface area contributed by atoms with Crippen molar-refractivity contribution in [2.45, 2.75) is 64.3 Å². The van der Waals surface area contributed by atoms with E-state index in [1.807, 2.05) is 6.92 Å². The third-order valence-corrected chi connectivity index (χ3v) is 4.78. The minimum absolute atomic E-state index is 0.0230. The van der Waals surface area contributed by atoms with Gasteiger partial charge in [0.15, 0.2) is 0 Å². The molecule has 1 atom stereocenters. The molecule has 0 amide bonds. The number of nitrogens with zero attached hydrogens (tertiary/aromatic N) is 1. The van der Waals surface area contributed by atoms with Gasteiger partial charge in [0.1, 0.15) is 5.54 Å². The van der Waals surface area contributed by atoms with E-state index < -0.39 is 5.54 Å². The third kappa shape index (κ3) is 4.43. The summed E-state index contributed by atoms with van der Waals surface area (Å²) < 4.78 is 5.45. The minimum atomic E-state index is -0.462. The molecule has 1 N–H and O–H groups in total. The molecule has 1 saturated heterocycles. The molecule has 0 bridgehead atoms. The van der Waals surface area contributed by atoms with Crippen molar-refractivity contribution in [3.63, 3.8) is 0 Å². The summed E-state index contributed by atoms with van der Waals surface area (Å²) in [4.78, 5) is 15.2. The molecule has 2 fully saturated rings. The van der Waals surface area contributed by atoms with Gasteiger partial charge in [-0.05, 0) is 64.6 Å². The highest BCUT2D eigenvalue weighted by atomic mass is 16.5. The molecule has 0 spiro atoms. The maximum atomic E-state index is 12.7. The van der Waals surface area contributed by atoms with Crippen molar-refractivity contribution in [2.24, 2.45) is 5.92 Å². The summed E-state index contributed by atoms with van der Waals surface area (Å²) in [7, 11) is 0. The second-order valence-electron chi connectivity index (χ2n) is 6.58. The molecule has 122 valence electrons. The number of hydrogen-bond acceptors (Lipinski definition) is 4. The van der Waals surface area contributed by atoms with Crippen LogP contribution in [0.1, 0.15) is 58.8 Å². The smallest absolute Gasteiger partial charge is 0.327 e. The van der Waals surface area contributed by atoms with Crippen LogP contribution >= 0.6 is 0 Å². The predicted octanol–water partition coefficient (Wildman–Crippen LogP) is 2.57. The Morgan fingerprint density at radius 1 is 1.19 bits per heavy atom. The molecular weight excluding hydrogens is 264 g/mol. The summed E-state index contributed by atoms with van der Waals surface area (Å²) in [6.07, 6.45) is 8.54. The number of carbonyl (C=O) groups is 1. The normalized spacial score (nSPS) is 23.3. The molecule has 1 aliphatic heterocycles. The number of hydrogen-bond donors (Lipinski definition) is 1. The van der Waals surface area contributed by atoms with Crippen LogP contribution in [0.25, 0.3) is 0 Å². The lowest BCUT2D eigenvalue weighted by atomic mass is 9.91. The van der Waals surface area contributed by atoms with Crippen molar-refractivity contribution >= 4 is 5.97 Å². The van der Waals surface area contributed by atoms with Crippen LogP contribution in [0.3, 0.4) is 0 Å². The Morgan fingerprint density at radius 2 is 1.86 bits per heavy atom. The second kappa shape index (κ2) is 8.14. The Labute approximate surface area is 129 Å². The fourth-order valence-corrected chi connectivity index (χ4v) is 3.46. The molecule has 0 aromatic carbocycles. The molecular formula is C17H32N2O2. The van der Waals surface area contributed by atoms with Crippen LogP contribution in [-0.2, 0) is 9.53 Å². The van der Waals surface area contributed by atoms with Gasteiger partial charge in [-0.1, -0.05) is 19.8 Å². The number of esters is 1. The van der Waals surface area contributed by atoms with Crippen molar-refractivity contribution in [1.82, 2.24) is 10.2 Å². The van der Waals surface area contributed by atoms with E-state index in [1.165, 1.54) is 25.7 Å². The van der Waals surface area contributed by atoms with E-state index in [0.717, 1.165) is 45.4 Å². The number of likely N-dealkylation sites (tertiary alicyclic amines) is 1. The second-order valence-corrected chi connectivity index (χ2v) is 6.58. The fourth-order valence-electron chi connectivity index (χ4n) is 3.46. The van der Waals surface area contributed by atoms with Crippen molar-refractivity contribution in [2.75, 3.05) is 32.8 Å². The minimum Gasteiger partial charge on any atom is -0.465 e. The van der Waals surface area contributed by atoms with Crippen molar-refractivity contribution < 1.29 is 9.53 Å². The third-order valence-electron chi connectivity index (χ3n) is 4.78. The molecule has 1 saturated carbocycles. The van der Waals surface area contributed by atoms with Crippen LogP contribution in [0.15, 0.2) is 0 Å². The largest absolute Gasteiger partial charge is 0.465 e. The number of nitrogens with one attached hydrogen (secondary N) is 1. The van der Waals surface area contributed by atoms with E-state index in [9.17, 15) is 4.79 Å². The Balaban J connectivity index is 2.09. The molecule has 4 nitrogen and oxygen atoms in total. The van der Waals surface area contributed by atoms with Crippen LogP contribution in [0.4, 0.5) is 0 Å². The SMILES string of the molecule is CCCNC(CN1CCCCCC1)(C(=O)OCC)C1CC1. The first-order valence-electron chi connectivity index (χ1n) is 8.87. The number of carbonyl (C=O) groups excluding carboxylic acids is 1. The number of rotatable bonds is 8. The van der Waals surface area contributed by atoms with Gasteiger partial charge in [-0.3, -0.25) is 0 Å². The summed E-state index contributed by atoms with van der Waals surface area (Å²) in [5.74, 6) is 0.441. The maximum Gasteiger partial charge on any atom is 0.327 e. The van der Waals surface area contributed by atoms with E-state index >= 15 is 0 Å². The van der Waals surface area contributed by atoms with E-state index in [2.05, 4.69) is 17.1 Å². The van der Waals surface area contributed by atoms with E-state index in [4.69, 9.17) is 4.74 Å². The van der Waals surface area contributed by atoms with Gasteiger partial charge in [0, 0.05) is 6.54 Å². The summed E-state index contributed by atoms with van der Waals surface area (Å²) in [5.41, 5.74) is -0.462. The standard InChI is InChI=1S/C17H32N2O2/c1-3-11-18-17(15-9-10-15,16(20)21-4-2)14-19-12-7-5-6-8-13-19/h15,18H,3-14H2,1-2H3. The van der Waals surface area contributed by atoms with Crippen LogP contribution in [0.5, 0.6) is 0 Å². The van der Waals surface area contributed by atoms with Crippen LogP contribution in [0.2, 0.25) is 0 Å². The van der Waals surface area contributed by atoms with Gasteiger partial charge in [0.05, 0.1) is 6.61 Å². The Hall–Kier alpha value is -0.610. The highest BCUT2D eigenvalue weighted by Crippen LogP contribution is 2.41. The van der Waals surface area contributed by atoms with Gasteiger partial charge in [-0.2, -0.15) is 0 Å². The van der Waals surface area contributed by atoms with E-state index in [1.54, 1.807) is 0 Å². The highest BCUT2D eigenvalue weighted by molar-refractivity contribution is 5.82. The lowest BCUT2D eigenvalue weighted by Crippen LogP contribution is -2.61. The van der Waals surface area contributed by atoms with E-state index in [-0.39, 0.29) is 5.97 Å². The van der Waals surface area contributed by atoms with Crippen LogP contribution in [-0.4, -0.2) is 49.2 Å². The average molecular weight is 296 g/mol. The molecule has 1 unspecified atom stereocenters. The Bertz CT molecular complexity index is 323. The molecule has 2 aliphatic rings. The van der Waals surface area contributed by atoms with Gasteiger partial charge in [-0.25, -0.2) is 4.79 Å². The van der Waals surface area contributed by atoms with Crippen LogP contribution < -0.4 is 5.32 Å². The molecule has 0 aromatic heterocycles. The molecule has 0 aromatic rings. The van der Waals surface area contributed by atoms with Crippen molar-refractivity contribution in [3.05, 3.63) is 0 Å². The van der Waals surface area contributed by atoms with Crippen molar-refractivity contribution in [1.29, 1.82) is 0 Å². The van der Waals surface area contributed by atoms with Gasteiger partial charge < -0.3 is 15.0 Å². The lowest BCUT2D eigenvalue weighted by Gasteiger charge is -2.37. The topological polar surface area (TPSA) is 41.6 Å². The molecule has 1 heterocycles. The van der Waals surface area contributed by atoms with Crippen molar-refractivity contribution in [3.8, 4) is 0 Å². The van der Waals surface area contributed by atoms with E-state index in [0.29, 0.717) is 12.5 Å². The quantitative estimate of drug-likeness (QED) is 0.699. The first-order chi connectivity index (χ1) is 10.2. The lowest BCUT2D eigenvalue weighted by molar-refractivity contribution is -0.153. The zero-order chi connectivity index (χ0) is 15.1. The fraction of sp³-hybridized carbons (Fsp3) is 0.941. The molecule has 4 heteroatoms. The zero-order valence-electron chi connectivity index (χ0n) is 13.8. The molecule has 0 radical (unpaired) electrons. The monoisotopic (exact) mass is 296 g/mol. The Kier molecular flexibility index (Phi) is 6.49. The summed E-state index contributed by atoms with van der Waals surface area (Å²) >= 11 is 0.